The Hall–Kier alpha value is -3.02. The van der Waals surface area contributed by atoms with E-state index in [0.717, 1.165) is 5.56 Å². The van der Waals surface area contributed by atoms with Gasteiger partial charge in [0.05, 0.1) is 5.92 Å². The van der Waals surface area contributed by atoms with Crippen molar-refractivity contribution >= 4 is 17.6 Å². The minimum absolute atomic E-state index is 0.0834. The highest BCUT2D eigenvalue weighted by atomic mass is 16.6. The Morgan fingerprint density at radius 1 is 1.00 bits per heavy atom. The summed E-state index contributed by atoms with van der Waals surface area (Å²) in [5, 5.41) is 11.8. The van der Waals surface area contributed by atoms with Gasteiger partial charge in [0.15, 0.2) is 11.5 Å². The number of rotatable bonds is 4. The third-order valence-corrected chi connectivity index (χ3v) is 4.51. The van der Waals surface area contributed by atoms with Crippen molar-refractivity contribution in [2.45, 2.75) is 12.3 Å². The lowest BCUT2D eigenvalue weighted by Gasteiger charge is -2.18. The van der Waals surface area contributed by atoms with Crippen LogP contribution >= 0.6 is 0 Å². The Morgan fingerprint density at radius 3 is 2.40 bits per heavy atom. The number of nitrogens with one attached hydrogen (secondary N) is 1. The van der Waals surface area contributed by atoms with Gasteiger partial charge in [-0.15, -0.1) is 0 Å². The topological polar surface area (TPSA) is 84.9 Å². The second kappa shape index (κ2) is 6.12. The van der Waals surface area contributed by atoms with E-state index in [1.54, 1.807) is 30.3 Å². The number of benzene rings is 2. The van der Waals surface area contributed by atoms with E-state index in [1.807, 2.05) is 12.1 Å². The van der Waals surface area contributed by atoms with Gasteiger partial charge in [0.25, 0.3) is 5.91 Å². The number of hydrogen-bond donors (Lipinski definition) is 2. The van der Waals surface area contributed by atoms with E-state index < -0.39 is 5.97 Å². The molecule has 0 aromatic heterocycles. The number of aliphatic carboxylic acids is 1. The molecule has 1 aliphatic heterocycles. The van der Waals surface area contributed by atoms with Crippen molar-refractivity contribution in [1.29, 1.82) is 0 Å². The fraction of sp³-hybridized carbons (Fsp3) is 0.263. The minimum Gasteiger partial charge on any atom is -0.486 e. The van der Waals surface area contributed by atoms with Crippen LogP contribution in [0.25, 0.3) is 0 Å². The summed E-state index contributed by atoms with van der Waals surface area (Å²) < 4.78 is 10.9. The number of carboxylic acid groups (broad SMARTS) is 1. The third-order valence-electron chi connectivity index (χ3n) is 4.51. The summed E-state index contributed by atoms with van der Waals surface area (Å²) in [5.74, 6) is 0.0333. The van der Waals surface area contributed by atoms with Gasteiger partial charge < -0.3 is 19.9 Å². The molecule has 4 rings (SSSR count). The fourth-order valence-corrected chi connectivity index (χ4v) is 3.04. The van der Waals surface area contributed by atoms with Crippen molar-refractivity contribution in [2.24, 2.45) is 5.92 Å². The summed E-state index contributed by atoms with van der Waals surface area (Å²) in [7, 11) is 0. The van der Waals surface area contributed by atoms with E-state index in [1.165, 1.54) is 0 Å². The average Bonchev–Trinajstić information content (AvgIpc) is 3.43. The number of amides is 1. The van der Waals surface area contributed by atoms with Gasteiger partial charge in [0.1, 0.15) is 13.2 Å². The van der Waals surface area contributed by atoms with Crippen LogP contribution in [0.3, 0.4) is 0 Å². The summed E-state index contributed by atoms with van der Waals surface area (Å²) in [5.41, 5.74) is 2.14. The zero-order chi connectivity index (χ0) is 17.4. The maximum Gasteiger partial charge on any atom is 0.307 e. The SMILES string of the molecule is O=C(Nc1ccc([C@@H]2C[C@H]2C(=O)O)cc1)c1ccc2c(c1)OCCO2. The maximum absolute atomic E-state index is 12.4. The molecule has 2 atom stereocenters. The number of fused-ring (bicyclic) bond motifs is 1. The van der Waals surface area contributed by atoms with Gasteiger partial charge in [-0.2, -0.15) is 0 Å². The number of carboxylic acids is 1. The molecule has 2 N–H and O–H groups in total. The molecule has 128 valence electrons. The van der Waals surface area contributed by atoms with E-state index in [2.05, 4.69) is 5.32 Å². The Kier molecular flexibility index (Phi) is 3.80. The number of anilines is 1. The molecule has 2 aromatic carbocycles. The van der Waals surface area contributed by atoms with Crippen LogP contribution in [0, 0.1) is 5.92 Å². The maximum atomic E-state index is 12.4. The molecule has 6 heteroatoms. The van der Waals surface area contributed by atoms with Gasteiger partial charge in [0, 0.05) is 11.3 Å². The smallest absolute Gasteiger partial charge is 0.307 e. The number of carbonyl (C=O) groups excluding carboxylic acids is 1. The van der Waals surface area contributed by atoms with E-state index in [-0.39, 0.29) is 17.7 Å². The van der Waals surface area contributed by atoms with Crippen molar-refractivity contribution in [3.8, 4) is 11.5 Å². The van der Waals surface area contributed by atoms with Crippen LogP contribution in [0.5, 0.6) is 11.5 Å². The highest BCUT2D eigenvalue weighted by Crippen LogP contribution is 2.47. The zero-order valence-corrected chi connectivity index (χ0v) is 13.4. The number of hydrogen-bond acceptors (Lipinski definition) is 4. The lowest BCUT2D eigenvalue weighted by molar-refractivity contribution is -0.138. The monoisotopic (exact) mass is 339 g/mol. The van der Waals surface area contributed by atoms with E-state index >= 15 is 0 Å². The molecule has 1 fully saturated rings. The largest absolute Gasteiger partial charge is 0.486 e. The first-order chi connectivity index (χ1) is 12.1. The van der Waals surface area contributed by atoms with Crippen molar-refractivity contribution in [2.75, 3.05) is 18.5 Å². The summed E-state index contributed by atoms with van der Waals surface area (Å²) in [4.78, 5) is 23.3. The highest BCUT2D eigenvalue weighted by Gasteiger charge is 2.43. The Bertz CT molecular complexity index is 830. The zero-order valence-electron chi connectivity index (χ0n) is 13.4. The average molecular weight is 339 g/mol. The first-order valence-corrected chi connectivity index (χ1v) is 8.15. The molecule has 1 aliphatic carbocycles. The van der Waals surface area contributed by atoms with Crippen LogP contribution in [0.15, 0.2) is 42.5 Å². The molecular formula is C19H17NO5. The van der Waals surface area contributed by atoms with Crippen molar-refractivity contribution in [3.63, 3.8) is 0 Å². The number of ether oxygens (including phenoxy) is 2. The van der Waals surface area contributed by atoms with Crippen LogP contribution in [0.1, 0.15) is 28.3 Å². The minimum atomic E-state index is -0.749. The first kappa shape index (κ1) is 15.5. The normalized spacial score (nSPS) is 20.6. The van der Waals surface area contributed by atoms with E-state index in [9.17, 15) is 9.59 Å². The molecule has 2 aliphatic rings. The molecular weight excluding hydrogens is 322 g/mol. The van der Waals surface area contributed by atoms with Gasteiger partial charge >= 0.3 is 5.97 Å². The molecule has 0 radical (unpaired) electrons. The van der Waals surface area contributed by atoms with Crippen LogP contribution < -0.4 is 14.8 Å². The predicted molar refractivity (Wildman–Crippen MR) is 90.3 cm³/mol. The van der Waals surface area contributed by atoms with E-state index in [0.29, 0.717) is 42.4 Å². The van der Waals surface area contributed by atoms with Crippen molar-refractivity contribution < 1.29 is 24.2 Å². The highest BCUT2D eigenvalue weighted by molar-refractivity contribution is 6.04. The molecule has 0 unspecified atom stereocenters. The molecule has 0 bridgehead atoms. The number of carbonyl (C=O) groups is 2. The molecule has 1 saturated carbocycles. The third kappa shape index (κ3) is 3.15. The Morgan fingerprint density at radius 2 is 1.72 bits per heavy atom. The standard InChI is InChI=1S/C19H17NO5/c21-18(12-3-6-16-17(9-12)25-8-7-24-16)20-13-4-1-11(2-5-13)14-10-15(14)19(22)23/h1-6,9,14-15H,7-8,10H2,(H,20,21)(H,22,23)/t14-,15+/m0/s1. The second-order valence-corrected chi connectivity index (χ2v) is 6.22. The van der Waals surface area contributed by atoms with Crippen LogP contribution in [0.2, 0.25) is 0 Å². The van der Waals surface area contributed by atoms with E-state index in [4.69, 9.17) is 14.6 Å². The lowest BCUT2D eigenvalue weighted by atomic mass is 10.1. The molecule has 1 heterocycles. The Balaban J connectivity index is 1.43. The molecule has 0 spiro atoms. The Labute approximate surface area is 144 Å². The molecule has 6 nitrogen and oxygen atoms in total. The van der Waals surface area contributed by atoms with Gasteiger partial charge in [-0.25, -0.2) is 0 Å². The molecule has 1 amide bonds. The first-order valence-electron chi connectivity index (χ1n) is 8.15. The van der Waals surface area contributed by atoms with Crippen molar-refractivity contribution in [1.82, 2.24) is 0 Å². The fourth-order valence-electron chi connectivity index (χ4n) is 3.04. The lowest BCUT2D eigenvalue weighted by Crippen LogP contribution is -2.17. The van der Waals surface area contributed by atoms with Gasteiger partial charge in [0.2, 0.25) is 0 Å². The van der Waals surface area contributed by atoms with Gasteiger partial charge in [-0.05, 0) is 48.2 Å². The molecule has 0 saturated heterocycles. The summed E-state index contributed by atoms with van der Waals surface area (Å²) in [6.07, 6.45) is 0.679. The van der Waals surface area contributed by atoms with Crippen LogP contribution in [-0.2, 0) is 4.79 Å². The summed E-state index contributed by atoms with van der Waals surface area (Å²) in [6.45, 7) is 0.979. The van der Waals surface area contributed by atoms with Crippen LogP contribution in [0.4, 0.5) is 5.69 Å². The summed E-state index contributed by atoms with van der Waals surface area (Å²) >= 11 is 0. The van der Waals surface area contributed by atoms with Crippen LogP contribution in [-0.4, -0.2) is 30.2 Å². The van der Waals surface area contributed by atoms with Crippen molar-refractivity contribution in [3.05, 3.63) is 53.6 Å². The predicted octanol–water partition coefficient (Wildman–Crippen LogP) is 2.90. The molecule has 25 heavy (non-hydrogen) atoms. The molecule has 2 aromatic rings. The van der Waals surface area contributed by atoms with Gasteiger partial charge in [-0.3, -0.25) is 9.59 Å². The second-order valence-electron chi connectivity index (χ2n) is 6.22. The quantitative estimate of drug-likeness (QED) is 0.895. The van der Waals surface area contributed by atoms with Gasteiger partial charge in [-0.1, -0.05) is 12.1 Å². The summed E-state index contributed by atoms with van der Waals surface area (Å²) in [6, 6.07) is 12.4.